The molecule has 55 valence electrons. The molecule has 0 N–H and O–H groups in total. The van der Waals surface area contributed by atoms with Crippen LogP contribution < -0.4 is 0 Å². The summed E-state index contributed by atoms with van der Waals surface area (Å²) in [7, 11) is 0. The fourth-order valence-corrected chi connectivity index (χ4v) is 2.32. The lowest BCUT2D eigenvalue weighted by molar-refractivity contribution is 0.367. The van der Waals surface area contributed by atoms with Gasteiger partial charge >= 0.3 is 0 Å². The van der Waals surface area contributed by atoms with E-state index in [9.17, 15) is 0 Å². The van der Waals surface area contributed by atoms with E-state index in [1.54, 1.807) is 0 Å². The Hall–Kier alpha value is -0.260. The molecule has 2 aliphatic carbocycles. The van der Waals surface area contributed by atoms with Crippen molar-refractivity contribution in [3.63, 3.8) is 0 Å². The Morgan fingerprint density at radius 2 is 2.30 bits per heavy atom. The van der Waals surface area contributed by atoms with Crippen molar-refractivity contribution >= 4 is 0 Å². The maximum atomic E-state index is 2.41. The third-order valence-corrected chi connectivity index (χ3v) is 2.98. The van der Waals surface area contributed by atoms with Crippen LogP contribution in [0.25, 0.3) is 0 Å². The summed E-state index contributed by atoms with van der Waals surface area (Å²) in [6, 6.07) is 0. The molecule has 2 atom stereocenters. The summed E-state index contributed by atoms with van der Waals surface area (Å²) in [6.07, 6.45) is 10.3. The standard InChI is InChI=1S/C10H15/c1-8-4-2-5-9-6-3-7-10(8)9/h3,6,8-9H,2,4-5,7H2,1H3. The molecule has 0 aromatic carbocycles. The normalized spacial score (nSPS) is 40.1. The second-order valence-electron chi connectivity index (χ2n) is 3.65. The summed E-state index contributed by atoms with van der Waals surface area (Å²) < 4.78 is 0. The van der Waals surface area contributed by atoms with Crippen LogP contribution in [-0.2, 0) is 0 Å². The molecule has 1 radical (unpaired) electrons. The molecule has 0 amide bonds. The van der Waals surface area contributed by atoms with E-state index in [2.05, 4.69) is 19.1 Å². The Morgan fingerprint density at radius 3 is 3.10 bits per heavy atom. The highest BCUT2D eigenvalue weighted by Crippen LogP contribution is 2.42. The van der Waals surface area contributed by atoms with Crippen molar-refractivity contribution in [3.8, 4) is 0 Å². The second kappa shape index (κ2) is 2.41. The van der Waals surface area contributed by atoms with Crippen LogP contribution in [0.1, 0.15) is 32.6 Å². The first-order chi connectivity index (χ1) is 4.88. The van der Waals surface area contributed by atoms with Crippen LogP contribution in [-0.4, -0.2) is 0 Å². The molecule has 0 aromatic heterocycles. The molecule has 2 aliphatic rings. The predicted molar refractivity (Wildman–Crippen MR) is 43.5 cm³/mol. The first-order valence-corrected chi connectivity index (χ1v) is 4.40. The number of hydrogen-bond donors (Lipinski definition) is 0. The average molecular weight is 135 g/mol. The van der Waals surface area contributed by atoms with Crippen LogP contribution in [0.2, 0.25) is 0 Å². The van der Waals surface area contributed by atoms with Gasteiger partial charge in [0.25, 0.3) is 0 Å². The molecule has 0 spiro atoms. The van der Waals surface area contributed by atoms with Gasteiger partial charge in [-0.2, -0.15) is 0 Å². The van der Waals surface area contributed by atoms with Crippen molar-refractivity contribution in [1.29, 1.82) is 0 Å². The number of rotatable bonds is 0. The molecule has 0 nitrogen and oxygen atoms in total. The van der Waals surface area contributed by atoms with Crippen molar-refractivity contribution in [2.45, 2.75) is 32.6 Å². The van der Waals surface area contributed by atoms with Gasteiger partial charge in [0.05, 0.1) is 0 Å². The molecular formula is C10H15. The summed E-state index contributed by atoms with van der Waals surface area (Å²) in [5.41, 5.74) is 0. The number of allylic oxidation sites excluding steroid dienone is 2. The fourth-order valence-electron chi connectivity index (χ4n) is 2.32. The zero-order valence-corrected chi connectivity index (χ0v) is 6.64. The zero-order valence-electron chi connectivity index (χ0n) is 6.64. The van der Waals surface area contributed by atoms with Crippen molar-refractivity contribution in [2.75, 3.05) is 0 Å². The SMILES string of the molecule is CC1CCCC2C=CC[C]12. The van der Waals surface area contributed by atoms with Crippen LogP contribution in [0.5, 0.6) is 0 Å². The van der Waals surface area contributed by atoms with Gasteiger partial charge in [-0.25, -0.2) is 0 Å². The topological polar surface area (TPSA) is 0 Å². The Kier molecular flexibility index (Phi) is 1.55. The van der Waals surface area contributed by atoms with E-state index < -0.39 is 0 Å². The fraction of sp³-hybridized carbons (Fsp3) is 0.700. The summed E-state index contributed by atoms with van der Waals surface area (Å²) in [5.74, 6) is 3.60. The molecular weight excluding hydrogens is 120 g/mol. The lowest BCUT2D eigenvalue weighted by atomic mass is 9.74. The van der Waals surface area contributed by atoms with Crippen LogP contribution in [0.4, 0.5) is 0 Å². The van der Waals surface area contributed by atoms with Crippen molar-refractivity contribution < 1.29 is 0 Å². The smallest absolute Gasteiger partial charge is 0.0107 e. The predicted octanol–water partition coefficient (Wildman–Crippen LogP) is 2.96. The van der Waals surface area contributed by atoms with Gasteiger partial charge in [0.2, 0.25) is 0 Å². The molecule has 2 rings (SSSR count). The van der Waals surface area contributed by atoms with Crippen molar-refractivity contribution in [3.05, 3.63) is 18.1 Å². The van der Waals surface area contributed by atoms with Gasteiger partial charge in [-0.3, -0.25) is 0 Å². The van der Waals surface area contributed by atoms with E-state index in [1.165, 1.54) is 25.7 Å². The summed E-state index contributed by atoms with van der Waals surface area (Å²) >= 11 is 0. The maximum absolute atomic E-state index is 2.41. The Bertz CT molecular complexity index is 146. The van der Waals surface area contributed by atoms with Gasteiger partial charge in [0, 0.05) is 0 Å². The lowest BCUT2D eigenvalue weighted by Gasteiger charge is -2.30. The molecule has 0 bridgehead atoms. The minimum absolute atomic E-state index is 0.878. The van der Waals surface area contributed by atoms with E-state index in [0.29, 0.717) is 0 Å². The molecule has 0 heterocycles. The summed E-state index contributed by atoms with van der Waals surface area (Å²) in [5, 5.41) is 0. The van der Waals surface area contributed by atoms with Crippen molar-refractivity contribution in [1.82, 2.24) is 0 Å². The summed E-state index contributed by atoms with van der Waals surface area (Å²) in [6.45, 7) is 2.38. The van der Waals surface area contributed by atoms with E-state index in [-0.39, 0.29) is 0 Å². The third-order valence-electron chi connectivity index (χ3n) is 2.98. The van der Waals surface area contributed by atoms with Crippen LogP contribution in [0.15, 0.2) is 12.2 Å². The van der Waals surface area contributed by atoms with Gasteiger partial charge < -0.3 is 0 Å². The van der Waals surface area contributed by atoms with Crippen molar-refractivity contribution in [2.24, 2.45) is 11.8 Å². The number of fused-ring (bicyclic) bond motifs is 1. The highest BCUT2D eigenvalue weighted by atomic mass is 14.4. The van der Waals surface area contributed by atoms with E-state index in [4.69, 9.17) is 0 Å². The molecule has 1 fully saturated rings. The van der Waals surface area contributed by atoms with Gasteiger partial charge in [0.1, 0.15) is 0 Å². The first kappa shape index (κ1) is 6.45. The monoisotopic (exact) mass is 135 g/mol. The second-order valence-corrected chi connectivity index (χ2v) is 3.65. The highest BCUT2D eigenvalue weighted by molar-refractivity contribution is 5.20. The van der Waals surface area contributed by atoms with Gasteiger partial charge in [-0.05, 0) is 30.6 Å². The highest BCUT2D eigenvalue weighted by Gasteiger charge is 2.31. The van der Waals surface area contributed by atoms with Crippen LogP contribution in [0.3, 0.4) is 0 Å². The van der Waals surface area contributed by atoms with Crippen LogP contribution in [0, 0.1) is 17.8 Å². The minimum Gasteiger partial charge on any atom is -0.0876 e. The van der Waals surface area contributed by atoms with E-state index >= 15 is 0 Å². The minimum atomic E-state index is 0.878. The summed E-state index contributed by atoms with van der Waals surface area (Å²) in [4.78, 5) is 0. The molecule has 1 saturated carbocycles. The quantitative estimate of drug-likeness (QED) is 0.448. The molecule has 10 heavy (non-hydrogen) atoms. The van der Waals surface area contributed by atoms with Gasteiger partial charge in [-0.15, -0.1) is 0 Å². The number of hydrogen-bond acceptors (Lipinski definition) is 0. The average Bonchev–Trinajstić information content (AvgIpc) is 2.36. The molecule has 0 saturated heterocycles. The lowest BCUT2D eigenvalue weighted by Crippen LogP contribution is -2.19. The Balaban J connectivity index is 2.07. The Labute approximate surface area is 63.3 Å². The van der Waals surface area contributed by atoms with Gasteiger partial charge in [0.15, 0.2) is 0 Å². The molecule has 0 heteroatoms. The molecule has 0 aromatic rings. The Morgan fingerprint density at radius 1 is 1.40 bits per heavy atom. The van der Waals surface area contributed by atoms with Crippen LogP contribution >= 0.6 is 0 Å². The molecule has 0 aliphatic heterocycles. The first-order valence-electron chi connectivity index (χ1n) is 4.40. The zero-order chi connectivity index (χ0) is 6.97. The molecule has 2 unspecified atom stereocenters. The third kappa shape index (κ3) is 0.902. The van der Waals surface area contributed by atoms with E-state index in [0.717, 1.165) is 11.8 Å². The largest absolute Gasteiger partial charge is 0.0876 e. The van der Waals surface area contributed by atoms with E-state index in [1.807, 2.05) is 5.92 Å². The van der Waals surface area contributed by atoms with Gasteiger partial charge in [-0.1, -0.05) is 31.9 Å². The maximum Gasteiger partial charge on any atom is -0.0107 e.